The van der Waals surface area contributed by atoms with Gasteiger partial charge in [0.05, 0.1) is 13.7 Å². The van der Waals surface area contributed by atoms with Crippen LogP contribution in [0.3, 0.4) is 0 Å². The first kappa shape index (κ1) is 15.0. The standard InChI is InChI=1S/C11H13FN2O5/c1-18-11(15)7-19-13-6-10(14(16)17)8-2-4-9(12)5-3-8/h2-5,10,13H,6-7H2,1H3. The van der Waals surface area contributed by atoms with Gasteiger partial charge in [0, 0.05) is 10.5 Å². The van der Waals surface area contributed by atoms with Crippen molar-refractivity contribution in [3.63, 3.8) is 0 Å². The van der Waals surface area contributed by atoms with E-state index in [1.807, 2.05) is 0 Å². The Hall–Kier alpha value is -2.06. The number of esters is 1. The molecule has 1 rings (SSSR count). The van der Waals surface area contributed by atoms with E-state index in [9.17, 15) is 19.3 Å². The summed E-state index contributed by atoms with van der Waals surface area (Å²) in [6.45, 7) is -0.514. The molecule has 1 N–H and O–H groups in total. The molecule has 0 spiro atoms. The van der Waals surface area contributed by atoms with Crippen LogP contribution in [0.4, 0.5) is 4.39 Å². The Labute approximate surface area is 108 Å². The lowest BCUT2D eigenvalue weighted by Crippen LogP contribution is -2.28. The first-order chi connectivity index (χ1) is 9.04. The third kappa shape index (κ3) is 4.98. The number of hydrogen-bond donors (Lipinski definition) is 1. The van der Waals surface area contributed by atoms with Crippen molar-refractivity contribution in [2.45, 2.75) is 6.04 Å². The van der Waals surface area contributed by atoms with E-state index in [-0.39, 0.29) is 13.2 Å². The highest BCUT2D eigenvalue weighted by Gasteiger charge is 2.22. The summed E-state index contributed by atoms with van der Waals surface area (Å²) in [6, 6.07) is 3.83. The molecule has 0 saturated carbocycles. The number of nitrogens with one attached hydrogen (secondary N) is 1. The lowest BCUT2D eigenvalue weighted by atomic mass is 10.1. The van der Waals surface area contributed by atoms with Crippen molar-refractivity contribution in [2.75, 3.05) is 20.3 Å². The summed E-state index contributed by atoms with van der Waals surface area (Å²) in [5.74, 6) is -1.08. The van der Waals surface area contributed by atoms with Crippen LogP contribution in [0, 0.1) is 15.9 Å². The van der Waals surface area contributed by atoms with Gasteiger partial charge in [0.15, 0.2) is 6.61 Å². The predicted octanol–water partition coefficient (Wildman–Crippen LogP) is 0.838. The molecule has 1 aromatic rings. The molecule has 1 unspecified atom stereocenters. The highest BCUT2D eigenvalue weighted by atomic mass is 19.1. The van der Waals surface area contributed by atoms with E-state index in [4.69, 9.17) is 4.84 Å². The number of nitro groups is 1. The summed E-state index contributed by atoms with van der Waals surface area (Å²) in [5, 5.41) is 10.9. The second kappa shape index (κ2) is 7.39. The third-order valence-electron chi connectivity index (χ3n) is 2.31. The molecule has 0 bridgehead atoms. The number of methoxy groups -OCH3 is 1. The number of halogens is 1. The van der Waals surface area contributed by atoms with Crippen LogP contribution in [0.15, 0.2) is 24.3 Å². The maximum atomic E-state index is 12.7. The Morgan fingerprint density at radius 2 is 2.11 bits per heavy atom. The van der Waals surface area contributed by atoms with Crippen molar-refractivity contribution in [2.24, 2.45) is 0 Å². The fourth-order valence-electron chi connectivity index (χ4n) is 1.31. The zero-order valence-corrected chi connectivity index (χ0v) is 10.2. The number of hydroxylamine groups is 1. The van der Waals surface area contributed by atoms with E-state index in [2.05, 4.69) is 10.2 Å². The smallest absolute Gasteiger partial charge is 0.333 e. The Bertz CT molecular complexity index is 437. The van der Waals surface area contributed by atoms with E-state index in [1.54, 1.807) is 0 Å². The van der Waals surface area contributed by atoms with Gasteiger partial charge in [0.2, 0.25) is 0 Å². The molecule has 1 atom stereocenters. The van der Waals surface area contributed by atoms with Gasteiger partial charge >= 0.3 is 5.97 Å². The minimum absolute atomic E-state index is 0.157. The average Bonchev–Trinajstić information content (AvgIpc) is 2.39. The van der Waals surface area contributed by atoms with Gasteiger partial charge in [-0.15, -0.1) is 0 Å². The molecule has 104 valence electrons. The molecule has 7 nitrogen and oxygen atoms in total. The minimum atomic E-state index is -1.10. The Balaban J connectivity index is 2.52. The van der Waals surface area contributed by atoms with Gasteiger partial charge in [0.1, 0.15) is 5.82 Å². The highest BCUT2D eigenvalue weighted by Crippen LogP contribution is 2.16. The first-order valence-electron chi connectivity index (χ1n) is 5.35. The third-order valence-corrected chi connectivity index (χ3v) is 2.31. The molecule has 0 aromatic heterocycles. The van der Waals surface area contributed by atoms with Gasteiger partial charge in [-0.1, -0.05) is 0 Å². The average molecular weight is 272 g/mol. The van der Waals surface area contributed by atoms with Crippen LogP contribution in [0.1, 0.15) is 11.6 Å². The van der Waals surface area contributed by atoms with E-state index in [0.717, 1.165) is 12.1 Å². The highest BCUT2D eigenvalue weighted by molar-refractivity contribution is 5.70. The number of benzene rings is 1. The van der Waals surface area contributed by atoms with Crippen LogP contribution in [-0.2, 0) is 14.4 Å². The van der Waals surface area contributed by atoms with Crippen molar-refractivity contribution < 1.29 is 23.7 Å². The van der Waals surface area contributed by atoms with Crippen LogP contribution in [0.25, 0.3) is 0 Å². The molecule has 0 amide bonds. The molecular formula is C11H13FN2O5. The monoisotopic (exact) mass is 272 g/mol. The molecule has 0 saturated heterocycles. The van der Waals surface area contributed by atoms with Crippen LogP contribution in [0.2, 0.25) is 0 Å². The number of hydrogen-bond acceptors (Lipinski definition) is 6. The molecule has 8 heteroatoms. The van der Waals surface area contributed by atoms with Crippen molar-refractivity contribution in [1.29, 1.82) is 0 Å². The normalized spacial score (nSPS) is 11.9. The molecular weight excluding hydrogens is 259 g/mol. The van der Waals surface area contributed by atoms with Crippen molar-refractivity contribution >= 4 is 5.97 Å². The quantitative estimate of drug-likeness (QED) is 0.342. The molecule has 0 radical (unpaired) electrons. The second-order valence-corrected chi connectivity index (χ2v) is 3.57. The lowest BCUT2D eigenvalue weighted by molar-refractivity contribution is -0.528. The SMILES string of the molecule is COC(=O)CONCC(c1ccc(F)cc1)[N+](=O)[O-]. The summed E-state index contributed by atoms with van der Waals surface area (Å²) in [4.78, 5) is 25.8. The molecule has 19 heavy (non-hydrogen) atoms. The number of carbonyl (C=O) groups excluding carboxylic acids is 1. The van der Waals surface area contributed by atoms with Crippen molar-refractivity contribution in [3.8, 4) is 0 Å². The summed E-state index contributed by atoms with van der Waals surface area (Å²) >= 11 is 0. The van der Waals surface area contributed by atoms with Crippen LogP contribution < -0.4 is 5.48 Å². The fourth-order valence-corrected chi connectivity index (χ4v) is 1.31. The van der Waals surface area contributed by atoms with Crippen LogP contribution in [0.5, 0.6) is 0 Å². The van der Waals surface area contributed by atoms with Gasteiger partial charge in [-0.3, -0.25) is 15.0 Å². The topological polar surface area (TPSA) is 90.7 Å². The molecule has 0 aliphatic heterocycles. The number of rotatable bonds is 7. The minimum Gasteiger partial charge on any atom is -0.467 e. The second-order valence-electron chi connectivity index (χ2n) is 3.57. The van der Waals surface area contributed by atoms with Gasteiger partial charge in [-0.05, 0) is 24.3 Å². The van der Waals surface area contributed by atoms with Crippen molar-refractivity contribution in [3.05, 3.63) is 45.8 Å². The summed E-state index contributed by atoms with van der Waals surface area (Å²) in [7, 11) is 1.20. The number of carbonyl (C=O) groups is 1. The van der Waals surface area contributed by atoms with Crippen molar-refractivity contribution in [1.82, 2.24) is 5.48 Å². The van der Waals surface area contributed by atoms with Gasteiger partial charge in [-0.2, -0.15) is 5.48 Å². The largest absolute Gasteiger partial charge is 0.467 e. The van der Waals surface area contributed by atoms with E-state index < -0.39 is 22.8 Å². The molecule has 0 fully saturated rings. The molecule has 1 aromatic carbocycles. The number of nitrogens with zero attached hydrogens (tertiary/aromatic N) is 1. The molecule has 0 heterocycles. The Morgan fingerprint density at radius 1 is 1.47 bits per heavy atom. The Kier molecular flexibility index (Phi) is 5.83. The number of ether oxygens (including phenoxy) is 1. The molecule has 0 aliphatic carbocycles. The van der Waals surface area contributed by atoms with E-state index in [0.29, 0.717) is 5.56 Å². The predicted molar refractivity (Wildman–Crippen MR) is 62.1 cm³/mol. The maximum absolute atomic E-state index is 12.7. The van der Waals surface area contributed by atoms with Crippen LogP contribution in [-0.4, -0.2) is 31.2 Å². The summed E-state index contributed by atoms with van der Waals surface area (Å²) < 4.78 is 17.0. The maximum Gasteiger partial charge on any atom is 0.333 e. The fraction of sp³-hybridized carbons (Fsp3) is 0.364. The summed E-state index contributed by atoms with van der Waals surface area (Å²) in [6.07, 6.45) is 0. The van der Waals surface area contributed by atoms with Gasteiger partial charge < -0.3 is 4.74 Å². The van der Waals surface area contributed by atoms with Gasteiger partial charge in [0.25, 0.3) is 6.04 Å². The summed E-state index contributed by atoms with van der Waals surface area (Å²) in [5.41, 5.74) is 2.64. The first-order valence-corrected chi connectivity index (χ1v) is 5.35. The lowest BCUT2D eigenvalue weighted by Gasteiger charge is -2.10. The molecule has 0 aliphatic rings. The zero-order chi connectivity index (χ0) is 14.3. The van der Waals surface area contributed by atoms with Crippen LogP contribution >= 0.6 is 0 Å². The van der Waals surface area contributed by atoms with E-state index >= 15 is 0 Å². The zero-order valence-electron chi connectivity index (χ0n) is 10.2. The van der Waals surface area contributed by atoms with Gasteiger partial charge in [-0.25, -0.2) is 9.18 Å². The Morgan fingerprint density at radius 3 is 2.63 bits per heavy atom. The van der Waals surface area contributed by atoms with E-state index in [1.165, 1.54) is 19.2 Å².